The third-order valence-electron chi connectivity index (χ3n) is 3.17. The molecule has 2 aromatic rings. The third-order valence-corrected chi connectivity index (χ3v) is 3.17. The summed E-state index contributed by atoms with van der Waals surface area (Å²) in [7, 11) is 0. The van der Waals surface area contributed by atoms with Crippen molar-refractivity contribution in [3.8, 4) is 0 Å². The molecular formula is C15H20N2. The maximum atomic E-state index is 4.22. The minimum absolute atomic E-state index is 0.576. The molecule has 0 bridgehead atoms. The summed E-state index contributed by atoms with van der Waals surface area (Å²) in [4.78, 5) is 4.22. The molecule has 0 aliphatic rings. The first-order valence-electron chi connectivity index (χ1n) is 6.36. The fourth-order valence-electron chi connectivity index (χ4n) is 2.22. The van der Waals surface area contributed by atoms with E-state index in [-0.39, 0.29) is 0 Å². The van der Waals surface area contributed by atoms with Crippen molar-refractivity contribution in [3.63, 3.8) is 0 Å². The summed E-state index contributed by atoms with van der Waals surface area (Å²) in [5.74, 6) is 0. The number of nitrogens with zero attached hydrogens (tertiary/aromatic N) is 1. The quantitative estimate of drug-likeness (QED) is 0.850. The van der Waals surface area contributed by atoms with E-state index < -0.39 is 0 Å². The largest absolute Gasteiger partial charge is 0.315 e. The Balaban J connectivity index is 2.13. The van der Waals surface area contributed by atoms with Crippen LogP contribution in [-0.2, 0) is 6.42 Å². The van der Waals surface area contributed by atoms with E-state index in [1.165, 1.54) is 22.8 Å². The van der Waals surface area contributed by atoms with Crippen LogP contribution >= 0.6 is 0 Å². The number of aryl methyl sites for hydroxylation is 1. The SMILES string of the molecule is CCNC(C)CCc1cccc2ccncc12. The lowest BCUT2D eigenvalue weighted by Crippen LogP contribution is -2.25. The molecule has 2 rings (SSSR count). The molecule has 90 valence electrons. The first-order valence-corrected chi connectivity index (χ1v) is 6.36. The summed E-state index contributed by atoms with van der Waals surface area (Å²) in [6.07, 6.45) is 6.11. The summed E-state index contributed by atoms with van der Waals surface area (Å²) in [6, 6.07) is 9.14. The Morgan fingerprint density at radius 3 is 3.00 bits per heavy atom. The van der Waals surface area contributed by atoms with Gasteiger partial charge in [0.05, 0.1) is 0 Å². The van der Waals surface area contributed by atoms with Gasteiger partial charge in [-0.25, -0.2) is 0 Å². The fourth-order valence-corrected chi connectivity index (χ4v) is 2.22. The number of hydrogen-bond acceptors (Lipinski definition) is 2. The Bertz CT molecular complexity index is 474. The summed E-state index contributed by atoms with van der Waals surface area (Å²) in [5.41, 5.74) is 1.40. The average Bonchev–Trinajstić information content (AvgIpc) is 2.36. The highest BCUT2D eigenvalue weighted by molar-refractivity contribution is 5.84. The highest BCUT2D eigenvalue weighted by atomic mass is 14.9. The highest BCUT2D eigenvalue weighted by Gasteiger charge is 2.04. The van der Waals surface area contributed by atoms with E-state index in [0.717, 1.165) is 13.0 Å². The van der Waals surface area contributed by atoms with Gasteiger partial charge in [-0.3, -0.25) is 4.98 Å². The molecule has 2 nitrogen and oxygen atoms in total. The zero-order valence-corrected chi connectivity index (χ0v) is 10.6. The van der Waals surface area contributed by atoms with Gasteiger partial charge in [0.15, 0.2) is 0 Å². The molecule has 1 heterocycles. The predicted octanol–water partition coefficient (Wildman–Crippen LogP) is 3.17. The third kappa shape index (κ3) is 3.04. The van der Waals surface area contributed by atoms with Crippen molar-refractivity contribution in [3.05, 3.63) is 42.2 Å². The van der Waals surface area contributed by atoms with Crippen molar-refractivity contribution in [1.82, 2.24) is 10.3 Å². The molecule has 0 saturated carbocycles. The molecule has 0 fully saturated rings. The molecular weight excluding hydrogens is 208 g/mol. The van der Waals surface area contributed by atoms with Gasteiger partial charge in [0.25, 0.3) is 0 Å². The van der Waals surface area contributed by atoms with Crippen molar-refractivity contribution < 1.29 is 0 Å². The predicted molar refractivity (Wildman–Crippen MR) is 73.2 cm³/mol. The van der Waals surface area contributed by atoms with Crippen LogP contribution in [0.2, 0.25) is 0 Å². The van der Waals surface area contributed by atoms with Crippen molar-refractivity contribution in [2.75, 3.05) is 6.54 Å². The molecule has 1 N–H and O–H groups in total. The minimum atomic E-state index is 0.576. The van der Waals surface area contributed by atoms with Gasteiger partial charge in [-0.2, -0.15) is 0 Å². The first kappa shape index (κ1) is 12.1. The van der Waals surface area contributed by atoms with Gasteiger partial charge in [-0.15, -0.1) is 0 Å². The molecule has 0 saturated heterocycles. The maximum absolute atomic E-state index is 4.22. The van der Waals surface area contributed by atoms with Crippen LogP contribution in [-0.4, -0.2) is 17.6 Å². The fraction of sp³-hybridized carbons (Fsp3) is 0.400. The van der Waals surface area contributed by atoms with Crippen LogP contribution in [0.15, 0.2) is 36.7 Å². The standard InChI is InChI=1S/C15H20N2/c1-3-17-12(2)7-8-13-5-4-6-14-9-10-16-11-15(13)14/h4-6,9-12,17H,3,7-8H2,1-2H3. The van der Waals surface area contributed by atoms with Crippen LogP contribution in [0.3, 0.4) is 0 Å². The Morgan fingerprint density at radius 1 is 1.29 bits per heavy atom. The number of rotatable bonds is 5. The molecule has 17 heavy (non-hydrogen) atoms. The number of pyridine rings is 1. The Kier molecular flexibility index (Phi) is 4.10. The lowest BCUT2D eigenvalue weighted by atomic mass is 10.0. The molecule has 1 unspecified atom stereocenters. The Morgan fingerprint density at radius 2 is 2.18 bits per heavy atom. The van der Waals surface area contributed by atoms with Gasteiger partial charge in [0, 0.05) is 23.8 Å². The zero-order chi connectivity index (χ0) is 12.1. The van der Waals surface area contributed by atoms with Crippen molar-refractivity contribution in [2.24, 2.45) is 0 Å². The van der Waals surface area contributed by atoms with Gasteiger partial charge in [-0.1, -0.05) is 25.1 Å². The van der Waals surface area contributed by atoms with Crippen molar-refractivity contribution >= 4 is 10.8 Å². The summed E-state index contributed by atoms with van der Waals surface area (Å²) in [6.45, 7) is 5.43. The summed E-state index contributed by atoms with van der Waals surface area (Å²) in [5, 5.41) is 6.02. The highest BCUT2D eigenvalue weighted by Crippen LogP contribution is 2.19. The van der Waals surface area contributed by atoms with Crippen LogP contribution in [0.25, 0.3) is 10.8 Å². The topological polar surface area (TPSA) is 24.9 Å². The summed E-state index contributed by atoms with van der Waals surface area (Å²) < 4.78 is 0. The van der Waals surface area contributed by atoms with E-state index in [1.807, 2.05) is 12.4 Å². The molecule has 2 heteroatoms. The molecule has 0 aliphatic heterocycles. The van der Waals surface area contributed by atoms with Gasteiger partial charge in [-0.05, 0) is 43.3 Å². The second-order valence-corrected chi connectivity index (χ2v) is 4.51. The molecule has 0 spiro atoms. The molecule has 0 amide bonds. The Hall–Kier alpha value is -1.41. The Labute approximate surface area is 103 Å². The van der Waals surface area contributed by atoms with E-state index >= 15 is 0 Å². The molecule has 1 aromatic carbocycles. The number of nitrogens with one attached hydrogen (secondary N) is 1. The van der Waals surface area contributed by atoms with E-state index in [1.54, 1.807) is 0 Å². The van der Waals surface area contributed by atoms with Crippen LogP contribution in [0.5, 0.6) is 0 Å². The normalized spacial score (nSPS) is 12.8. The first-order chi connectivity index (χ1) is 8.31. The van der Waals surface area contributed by atoms with Gasteiger partial charge in [0.1, 0.15) is 0 Å². The lowest BCUT2D eigenvalue weighted by Gasteiger charge is -2.12. The minimum Gasteiger partial charge on any atom is -0.315 e. The number of fused-ring (bicyclic) bond motifs is 1. The summed E-state index contributed by atoms with van der Waals surface area (Å²) >= 11 is 0. The van der Waals surface area contributed by atoms with Crippen LogP contribution in [0.4, 0.5) is 0 Å². The average molecular weight is 228 g/mol. The van der Waals surface area contributed by atoms with Gasteiger partial charge < -0.3 is 5.32 Å². The monoisotopic (exact) mass is 228 g/mol. The maximum Gasteiger partial charge on any atom is 0.0349 e. The lowest BCUT2D eigenvalue weighted by molar-refractivity contribution is 0.531. The van der Waals surface area contributed by atoms with Crippen LogP contribution in [0.1, 0.15) is 25.8 Å². The zero-order valence-electron chi connectivity index (χ0n) is 10.6. The van der Waals surface area contributed by atoms with Crippen molar-refractivity contribution in [2.45, 2.75) is 32.7 Å². The van der Waals surface area contributed by atoms with E-state index in [0.29, 0.717) is 6.04 Å². The second kappa shape index (κ2) is 5.78. The van der Waals surface area contributed by atoms with Gasteiger partial charge in [0.2, 0.25) is 0 Å². The molecule has 0 radical (unpaired) electrons. The van der Waals surface area contributed by atoms with E-state index in [4.69, 9.17) is 0 Å². The molecule has 0 aliphatic carbocycles. The number of hydrogen-bond donors (Lipinski definition) is 1. The van der Waals surface area contributed by atoms with Crippen LogP contribution < -0.4 is 5.32 Å². The van der Waals surface area contributed by atoms with E-state index in [2.05, 4.69) is 48.4 Å². The van der Waals surface area contributed by atoms with Gasteiger partial charge >= 0.3 is 0 Å². The van der Waals surface area contributed by atoms with Crippen LogP contribution in [0, 0.1) is 0 Å². The second-order valence-electron chi connectivity index (χ2n) is 4.51. The molecule has 1 atom stereocenters. The smallest absolute Gasteiger partial charge is 0.0349 e. The molecule has 1 aromatic heterocycles. The number of aromatic nitrogens is 1. The number of benzene rings is 1. The van der Waals surface area contributed by atoms with E-state index in [9.17, 15) is 0 Å². The van der Waals surface area contributed by atoms with Crippen molar-refractivity contribution in [1.29, 1.82) is 0 Å².